The summed E-state index contributed by atoms with van der Waals surface area (Å²) in [6.07, 6.45) is 0.286. The van der Waals surface area contributed by atoms with Crippen molar-refractivity contribution in [2.45, 2.75) is 6.92 Å². The van der Waals surface area contributed by atoms with E-state index in [0.29, 0.717) is 5.30 Å². The molecular formula is C8H10BrO2P. The van der Waals surface area contributed by atoms with Gasteiger partial charge in [0.05, 0.1) is 0 Å². The van der Waals surface area contributed by atoms with Crippen molar-refractivity contribution in [2.75, 3.05) is 6.16 Å². The van der Waals surface area contributed by atoms with E-state index in [9.17, 15) is 9.46 Å². The summed E-state index contributed by atoms with van der Waals surface area (Å²) in [7, 11) is -3.07. The second kappa shape index (κ2) is 3.73. The van der Waals surface area contributed by atoms with Gasteiger partial charge in [-0.05, 0) is 24.3 Å². The Morgan fingerprint density at radius 2 is 1.92 bits per heavy atom. The van der Waals surface area contributed by atoms with Crippen LogP contribution in [0.3, 0.4) is 0 Å². The minimum atomic E-state index is -3.07. The topological polar surface area (TPSA) is 37.3 Å². The predicted molar refractivity (Wildman–Crippen MR) is 54.1 cm³/mol. The van der Waals surface area contributed by atoms with Gasteiger partial charge < -0.3 is 4.89 Å². The van der Waals surface area contributed by atoms with Gasteiger partial charge >= 0.3 is 0 Å². The molecule has 0 heterocycles. The van der Waals surface area contributed by atoms with Crippen molar-refractivity contribution >= 4 is 28.6 Å². The molecule has 0 saturated heterocycles. The van der Waals surface area contributed by atoms with Gasteiger partial charge in [0.1, 0.15) is 0 Å². The molecule has 0 fully saturated rings. The molecule has 0 amide bonds. The van der Waals surface area contributed by atoms with E-state index in [4.69, 9.17) is 0 Å². The van der Waals surface area contributed by atoms with Gasteiger partial charge in [0, 0.05) is 15.9 Å². The number of rotatable bonds is 2. The molecule has 1 aromatic rings. The standard InChI is InChI=1S/C8H10BrO2P/c1-2-12(10,11)8-5-3-7(9)4-6-8/h3-6H,2H2,1H3,(H,10,11). The SMILES string of the molecule is CCP(=O)(O)c1ccc(Br)cc1. The summed E-state index contributed by atoms with van der Waals surface area (Å²) in [6, 6.07) is 6.89. The second-order valence-electron chi connectivity index (χ2n) is 2.49. The lowest BCUT2D eigenvalue weighted by Gasteiger charge is -2.08. The number of hydrogen-bond acceptors (Lipinski definition) is 1. The van der Waals surface area contributed by atoms with Gasteiger partial charge in [0.25, 0.3) is 0 Å². The smallest absolute Gasteiger partial charge is 0.229 e. The average Bonchev–Trinajstić information content (AvgIpc) is 2.05. The monoisotopic (exact) mass is 248 g/mol. The van der Waals surface area contributed by atoms with E-state index in [1.54, 1.807) is 31.2 Å². The van der Waals surface area contributed by atoms with Gasteiger partial charge in [-0.1, -0.05) is 22.9 Å². The minimum Gasteiger partial charge on any atom is -0.341 e. The Kier molecular flexibility index (Phi) is 3.10. The predicted octanol–water partition coefficient (Wildman–Crippen LogP) is 2.36. The maximum absolute atomic E-state index is 11.4. The summed E-state index contributed by atoms with van der Waals surface area (Å²) in [6.45, 7) is 1.71. The zero-order chi connectivity index (χ0) is 9.19. The summed E-state index contributed by atoms with van der Waals surface area (Å²) < 4.78 is 12.4. The first-order chi connectivity index (χ1) is 5.56. The molecule has 0 spiro atoms. The molecular weight excluding hydrogens is 239 g/mol. The summed E-state index contributed by atoms with van der Waals surface area (Å²) in [5.74, 6) is 0. The number of hydrogen-bond donors (Lipinski definition) is 1. The van der Waals surface area contributed by atoms with E-state index in [0.717, 1.165) is 4.47 Å². The molecule has 0 aromatic heterocycles. The highest BCUT2D eigenvalue weighted by molar-refractivity contribution is 9.10. The molecule has 1 unspecified atom stereocenters. The summed E-state index contributed by atoms with van der Waals surface area (Å²) in [4.78, 5) is 9.43. The molecule has 2 nitrogen and oxygen atoms in total. The minimum absolute atomic E-state index is 0.286. The van der Waals surface area contributed by atoms with Crippen LogP contribution in [0, 0.1) is 0 Å². The van der Waals surface area contributed by atoms with Crippen molar-refractivity contribution in [3.63, 3.8) is 0 Å². The third-order valence-corrected chi connectivity index (χ3v) is 4.15. The van der Waals surface area contributed by atoms with Crippen molar-refractivity contribution < 1.29 is 9.46 Å². The maximum atomic E-state index is 11.4. The van der Waals surface area contributed by atoms with Crippen molar-refractivity contribution in [1.29, 1.82) is 0 Å². The van der Waals surface area contributed by atoms with E-state index in [-0.39, 0.29) is 6.16 Å². The zero-order valence-corrected chi connectivity index (χ0v) is 9.18. The Morgan fingerprint density at radius 3 is 2.33 bits per heavy atom. The third-order valence-electron chi connectivity index (χ3n) is 1.66. The summed E-state index contributed by atoms with van der Waals surface area (Å²) in [5, 5.41) is 0.521. The van der Waals surface area contributed by atoms with Crippen molar-refractivity contribution in [2.24, 2.45) is 0 Å². The molecule has 0 aliphatic carbocycles. The van der Waals surface area contributed by atoms with Gasteiger partial charge in [-0.3, -0.25) is 4.57 Å². The zero-order valence-electron chi connectivity index (χ0n) is 6.70. The van der Waals surface area contributed by atoms with Crippen molar-refractivity contribution in [1.82, 2.24) is 0 Å². The van der Waals surface area contributed by atoms with Gasteiger partial charge in [-0.25, -0.2) is 0 Å². The van der Waals surface area contributed by atoms with E-state index < -0.39 is 7.37 Å². The third kappa shape index (κ3) is 2.19. The van der Waals surface area contributed by atoms with Crippen LogP contribution in [0.25, 0.3) is 0 Å². The Morgan fingerprint density at radius 1 is 1.42 bits per heavy atom. The molecule has 1 N–H and O–H groups in total. The quantitative estimate of drug-likeness (QED) is 0.817. The molecule has 0 radical (unpaired) electrons. The van der Waals surface area contributed by atoms with E-state index in [1.165, 1.54) is 0 Å². The van der Waals surface area contributed by atoms with E-state index >= 15 is 0 Å². The molecule has 1 rings (SSSR count). The van der Waals surface area contributed by atoms with Gasteiger partial charge in [-0.2, -0.15) is 0 Å². The number of benzene rings is 1. The molecule has 4 heteroatoms. The van der Waals surface area contributed by atoms with Crippen LogP contribution in [0.1, 0.15) is 6.92 Å². The molecule has 1 aromatic carbocycles. The van der Waals surface area contributed by atoms with Crippen LogP contribution in [-0.2, 0) is 4.57 Å². The van der Waals surface area contributed by atoms with Crippen molar-refractivity contribution in [3.05, 3.63) is 28.7 Å². The fraction of sp³-hybridized carbons (Fsp3) is 0.250. The van der Waals surface area contributed by atoms with Crippen LogP contribution >= 0.6 is 23.3 Å². The lowest BCUT2D eigenvalue weighted by Crippen LogP contribution is -2.04. The van der Waals surface area contributed by atoms with Gasteiger partial charge in [-0.15, -0.1) is 0 Å². The number of halogens is 1. The molecule has 0 aliphatic rings. The molecule has 0 bridgehead atoms. The Bertz CT molecular complexity index is 307. The molecule has 0 aliphatic heterocycles. The van der Waals surface area contributed by atoms with Gasteiger partial charge in [0.15, 0.2) is 0 Å². The largest absolute Gasteiger partial charge is 0.341 e. The molecule has 1 atom stereocenters. The average molecular weight is 249 g/mol. The van der Waals surface area contributed by atoms with Gasteiger partial charge in [0.2, 0.25) is 7.37 Å². The van der Waals surface area contributed by atoms with Crippen LogP contribution in [0.15, 0.2) is 28.7 Å². The van der Waals surface area contributed by atoms with E-state index in [2.05, 4.69) is 15.9 Å². The summed E-state index contributed by atoms with van der Waals surface area (Å²) in [5.41, 5.74) is 0. The van der Waals surface area contributed by atoms with Crippen LogP contribution in [0.5, 0.6) is 0 Å². The van der Waals surface area contributed by atoms with Crippen LogP contribution < -0.4 is 5.30 Å². The molecule has 66 valence electrons. The molecule has 0 saturated carbocycles. The highest BCUT2D eigenvalue weighted by Crippen LogP contribution is 2.38. The fourth-order valence-corrected chi connectivity index (χ4v) is 2.10. The second-order valence-corrected chi connectivity index (χ2v) is 5.96. The van der Waals surface area contributed by atoms with Crippen molar-refractivity contribution in [3.8, 4) is 0 Å². The highest BCUT2D eigenvalue weighted by atomic mass is 79.9. The van der Waals surface area contributed by atoms with Crippen LogP contribution in [0.4, 0.5) is 0 Å². The lowest BCUT2D eigenvalue weighted by atomic mass is 10.4. The van der Waals surface area contributed by atoms with Crippen LogP contribution in [0.2, 0.25) is 0 Å². The first kappa shape index (κ1) is 9.97. The fourth-order valence-electron chi connectivity index (χ4n) is 0.857. The van der Waals surface area contributed by atoms with Crippen LogP contribution in [-0.4, -0.2) is 11.1 Å². The normalized spacial score (nSPS) is 15.6. The Balaban J connectivity index is 3.05. The maximum Gasteiger partial charge on any atom is 0.229 e. The first-order valence-corrected chi connectivity index (χ1v) is 6.28. The Labute approximate surface area is 80.2 Å². The highest BCUT2D eigenvalue weighted by Gasteiger charge is 2.17. The summed E-state index contributed by atoms with van der Waals surface area (Å²) >= 11 is 3.26. The molecule has 12 heavy (non-hydrogen) atoms. The lowest BCUT2D eigenvalue weighted by molar-refractivity contribution is 0.491. The first-order valence-electron chi connectivity index (χ1n) is 3.64. The van der Waals surface area contributed by atoms with E-state index in [1.807, 2.05) is 0 Å². The Hall–Kier alpha value is -0.110.